The van der Waals surface area contributed by atoms with Crippen molar-refractivity contribution in [3.8, 4) is 5.75 Å². The number of nitro benzene ring substituents is 1. The number of hydrogen-bond donors (Lipinski definition) is 0. The molecular weight excluding hydrogens is 302 g/mol. The number of carbonyl (C=O) groups excluding carboxylic acids is 2. The Balaban J connectivity index is 3.55. The summed E-state index contributed by atoms with van der Waals surface area (Å²) in [5.74, 6) is -2.66. The Hall–Kier alpha value is -2.15. The van der Waals surface area contributed by atoms with E-state index in [0.29, 0.717) is 0 Å². The van der Waals surface area contributed by atoms with E-state index in [0.717, 1.165) is 6.92 Å². The molecule has 0 fully saturated rings. The third kappa shape index (κ3) is 3.69. The van der Waals surface area contributed by atoms with Crippen molar-refractivity contribution in [3.63, 3.8) is 0 Å². The maximum absolute atomic E-state index is 11.9. The van der Waals surface area contributed by atoms with Crippen molar-refractivity contribution < 1.29 is 24.0 Å². The van der Waals surface area contributed by atoms with Crippen molar-refractivity contribution in [2.24, 2.45) is 0 Å². The van der Waals surface area contributed by atoms with Gasteiger partial charge in [-0.2, -0.15) is 0 Å². The Kier molecular flexibility index (Phi) is 5.66. The van der Waals surface area contributed by atoms with Gasteiger partial charge in [-0.1, -0.05) is 11.6 Å². The first-order valence-electron chi connectivity index (χ1n) is 6.02. The molecule has 1 aromatic carbocycles. The molecule has 0 heterocycles. The molecule has 114 valence electrons. The van der Waals surface area contributed by atoms with Crippen molar-refractivity contribution in [3.05, 3.63) is 32.8 Å². The van der Waals surface area contributed by atoms with E-state index in [1.54, 1.807) is 6.92 Å². The second-order valence-electron chi connectivity index (χ2n) is 4.10. The molecule has 1 atom stereocenters. The molecule has 21 heavy (non-hydrogen) atoms. The third-order valence-corrected chi connectivity index (χ3v) is 3.01. The van der Waals surface area contributed by atoms with Crippen molar-refractivity contribution in [2.45, 2.75) is 19.8 Å². The van der Waals surface area contributed by atoms with E-state index in [-0.39, 0.29) is 22.9 Å². The lowest BCUT2D eigenvalue weighted by atomic mass is 9.93. The van der Waals surface area contributed by atoms with E-state index < -0.39 is 28.3 Å². The summed E-state index contributed by atoms with van der Waals surface area (Å²) in [7, 11) is 1.34. The average Bonchev–Trinajstić information content (AvgIpc) is 2.37. The zero-order valence-electron chi connectivity index (χ0n) is 11.7. The highest BCUT2D eigenvalue weighted by atomic mass is 35.5. The molecule has 0 saturated heterocycles. The standard InChI is InChI=1S/C13H14ClNO6/c1-4-21-13(17)11(7(2)16)9-5-8(20-3)6-10(14)12(9)15(18)19/h5-6,11H,4H2,1-3H3. The fraction of sp³-hybridized carbons (Fsp3) is 0.385. The summed E-state index contributed by atoms with van der Waals surface area (Å²) in [6, 6.07) is 2.48. The number of benzene rings is 1. The van der Waals surface area contributed by atoms with Crippen LogP contribution >= 0.6 is 11.6 Å². The Morgan fingerprint density at radius 1 is 1.43 bits per heavy atom. The van der Waals surface area contributed by atoms with Gasteiger partial charge in [0, 0.05) is 6.07 Å². The van der Waals surface area contributed by atoms with Crippen LogP contribution in [0.2, 0.25) is 5.02 Å². The predicted octanol–water partition coefficient (Wildman–Crippen LogP) is 2.49. The fourth-order valence-corrected chi connectivity index (χ4v) is 2.15. The molecule has 0 N–H and O–H groups in total. The summed E-state index contributed by atoms with van der Waals surface area (Å²) in [6.45, 7) is 2.77. The molecule has 0 aliphatic carbocycles. The van der Waals surface area contributed by atoms with Crippen LogP contribution in [0.5, 0.6) is 5.75 Å². The Morgan fingerprint density at radius 3 is 2.48 bits per heavy atom. The van der Waals surface area contributed by atoms with Crippen LogP contribution < -0.4 is 4.74 Å². The van der Waals surface area contributed by atoms with Crippen LogP contribution in [0.1, 0.15) is 25.3 Å². The van der Waals surface area contributed by atoms with Gasteiger partial charge < -0.3 is 9.47 Å². The van der Waals surface area contributed by atoms with Gasteiger partial charge in [-0.3, -0.25) is 19.7 Å². The van der Waals surface area contributed by atoms with E-state index in [4.69, 9.17) is 21.1 Å². The van der Waals surface area contributed by atoms with E-state index >= 15 is 0 Å². The lowest BCUT2D eigenvalue weighted by molar-refractivity contribution is -0.385. The zero-order valence-corrected chi connectivity index (χ0v) is 12.5. The van der Waals surface area contributed by atoms with E-state index in [1.807, 2.05) is 0 Å². The minimum atomic E-state index is -1.42. The van der Waals surface area contributed by atoms with E-state index in [1.165, 1.54) is 19.2 Å². The molecule has 1 rings (SSSR count). The molecule has 0 spiro atoms. The highest BCUT2D eigenvalue weighted by Crippen LogP contribution is 2.38. The second kappa shape index (κ2) is 7.03. The molecule has 8 heteroatoms. The summed E-state index contributed by atoms with van der Waals surface area (Å²) in [4.78, 5) is 34.1. The minimum absolute atomic E-state index is 0.0497. The first kappa shape index (κ1) is 16.9. The smallest absolute Gasteiger partial charge is 0.321 e. The van der Waals surface area contributed by atoms with Crippen molar-refractivity contribution in [1.29, 1.82) is 0 Å². The maximum Gasteiger partial charge on any atom is 0.321 e. The monoisotopic (exact) mass is 315 g/mol. The van der Waals surface area contributed by atoms with E-state index in [2.05, 4.69) is 0 Å². The summed E-state index contributed by atoms with van der Waals surface area (Å²) >= 11 is 5.85. The number of ether oxygens (including phenoxy) is 2. The topological polar surface area (TPSA) is 95.7 Å². The van der Waals surface area contributed by atoms with Gasteiger partial charge in [-0.05, 0) is 19.9 Å². The first-order valence-corrected chi connectivity index (χ1v) is 6.40. The second-order valence-corrected chi connectivity index (χ2v) is 4.51. The third-order valence-electron chi connectivity index (χ3n) is 2.72. The number of nitro groups is 1. The van der Waals surface area contributed by atoms with E-state index in [9.17, 15) is 19.7 Å². The molecule has 0 aliphatic rings. The van der Waals surface area contributed by atoms with Gasteiger partial charge in [-0.15, -0.1) is 0 Å². The summed E-state index contributed by atoms with van der Waals surface area (Å²) in [5, 5.41) is 10.9. The van der Waals surface area contributed by atoms with Crippen LogP contribution in [0.25, 0.3) is 0 Å². The molecule has 0 aliphatic heterocycles. The summed E-state index contributed by atoms with van der Waals surface area (Å²) in [6.07, 6.45) is 0. The Morgan fingerprint density at radius 2 is 2.05 bits per heavy atom. The quantitative estimate of drug-likeness (QED) is 0.346. The number of methoxy groups -OCH3 is 1. The molecule has 0 radical (unpaired) electrons. The van der Waals surface area contributed by atoms with Crippen LogP contribution in [0, 0.1) is 10.1 Å². The summed E-state index contributed by atoms with van der Waals surface area (Å²) < 4.78 is 9.77. The molecular formula is C13H14ClNO6. The van der Waals surface area contributed by atoms with Gasteiger partial charge in [0.15, 0.2) is 0 Å². The SMILES string of the molecule is CCOC(=O)C(C(C)=O)c1cc(OC)cc(Cl)c1[N+](=O)[O-]. The first-order chi connectivity index (χ1) is 9.83. The lowest BCUT2D eigenvalue weighted by Gasteiger charge is -2.15. The molecule has 0 saturated carbocycles. The van der Waals surface area contributed by atoms with Gasteiger partial charge >= 0.3 is 5.97 Å². The van der Waals surface area contributed by atoms with Crippen molar-refractivity contribution in [1.82, 2.24) is 0 Å². The number of hydrogen-bond acceptors (Lipinski definition) is 6. The highest BCUT2D eigenvalue weighted by molar-refractivity contribution is 6.33. The van der Waals surface area contributed by atoms with Gasteiger partial charge in [-0.25, -0.2) is 0 Å². The number of ketones is 1. The lowest BCUT2D eigenvalue weighted by Crippen LogP contribution is -2.23. The van der Waals surface area contributed by atoms with Crippen LogP contribution in [0.4, 0.5) is 5.69 Å². The number of esters is 1. The van der Waals surface area contributed by atoms with Crippen LogP contribution in [-0.4, -0.2) is 30.4 Å². The number of rotatable bonds is 6. The maximum atomic E-state index is 11.9. The normalized spacial score (nSPS) is 11.6. The highest BCUT2D eigenvalue weighted by Gasteiger charge is 2.35. The van der Waals surface area contributed by atoms with Crippen molar-refractivity contribution in [2.75, 3.05) is 13.7 Å². The van der Waals surface area contributed by atoms with Gasteiger partial charge in [0.2, 0.25) is 0 Å². The van der Waals surface area contributed by atoms with Crippen molar-refractivity contribution >= 4 is 29.0 Å². The fourth-order valence-electron chi connectivity index (χ4n) is 1.86. The Bertz CT molecular complexity index is 586. The van der Waals surface area contributed by atoms with Crippen LogP contribution in [0.3, 0.4) is 0 Å². The zero-order chi connectivity index (χ0) is 16.2. The number of Topliss-reactive ketones (excluding diaryl/α,β-unsaturated/α-hetero) is 1. The van der Waals surface area contributed by atoms with Gasteiger partial charge in [0.25, 0.3) is 5.69 Å². The average molecular weight is 316 g/mol. The molecule has 7 nitrogen and oxygen atoms in total. The summed E-state index contributed by atoms with van der Waals surface area (Å²) in [5.41, 5.74) is -0.652. The molecule has 0 aromatic heterocycles. The van der Waals surface area contributed by atoms with Crippen LogP contribution in [-0.2, 0) is 14.3 Å². The molecule has 1 aromatic rings. The van der Waals surface area contributed by atoms with Gasteiger partial charge in [0.1, 0.15) is 22.5 Å². The van der Waals surface area contributed by atoms with Gasteiger partial charge in [0.05, 0.1) is 24.2 Å². The number of nitrogens with zero attached hydrogens (tertiary/aromatic N) is 1. The van der Waals surface area contributed by atoms with Crippen LogP contribution in [0.15, 0.2) is 12.1 Å². The number of halogens is 1. The largest absolute Gasteiger partial charge is 0.497 e. The molecule has 0 amide bonds. The minimum Gasteiger partial charge on any atom is -0.497 e. The molecule has 0 bridgehead atoms. The predicted molar refractivity (Wildman–Crippen MR) is 74.7 cm³/mol. The Labute approximate surface area is 125 Å². The molecule has 1 unspecified atom stereocenters. The number of carbonyl (C=O) groups is 2.